The Hall–Kier alpha value is -1.67. The number of rotatable bonds is 5. The first-order valence-corrected chi connectivity index (χ1v) is 6.97. The van der Waals surface area contributed by atoms with Crippen molar-refractivity contribution in [2.75, 3.05) is 0 Å². The maximum absolute atomic E-state index is 12.0. The van der Waals surface area contributed by atoms with Gasteiger partial charge >= 0.3 is 0 Å². The summed E-state index contributed by atoms with van der Waals surface area (Å²) in [5, 5.41) is 4.10. The molecule has 98 valence electrons. The van der Waals surface area contributed by atoms with Crippen LogP contribution in [0.4, 0.5) is 0 Å². The van der Waals surface area contributed by atoms with Gasteiger partial charge in [0, 0.05) is 18.4 Å². The quantitative estimate of drug-likeness (QED) is 0.815. The fourth-order valence-electron chi connectivity index (χ4n) is 1.59. The van der Waals surface area contributed by atoms with Crippen LogP contribution in [0.15, 0.2) is 29.7 Å². The molecule has 2 rings (SSSR count). The molecule has 7 nitrogen and oxygen atoms in total. The maximum Gasteiger partial charge on any atom is 0.257 e. The summed E-state index contributed by atoms with van der Waals surface area (Å²) in [5.41, 5.74) is 0. The zero-order valence-corrected chi connectivity index (χ0v) is 11.0. The lowest BCUT2D eigenvalue weighted by Gasteiger charge is -2.13. The first kappa shape index (κ1) is 12.8. The minimum atomic E-state index is -3.55. The molecule has 2 heterocycles. The van der Waals surface area contributed by atoms with Gasteiger partial charge in [-0.1, -0.05) is 0 Å². The molecular formula is C10H15N5O2S. The summed E-state index contributed by atoms with van der Waals surface area (Å²) in [7, 11) is -3.55. The summed E-state index contributed by atoms with van der Waals surface area (Å²) in [5.74, 6) is 0.565. The molecule has 0 fully saturated rings. The van der Waals surface area contributed by atoms with E-state index in [2.05, 4.69) is 19.8 Å². The smallest absolute Gasteiger partial charge is 0.257 e. The average Bonchev–Trinajstić information content (AvgIpc) is 2.88. The van der Waals surface area contributed by atoms with E-state index in [1.54, 1.807) is 37.0 Å². The fourth-order valence-corrected chi connectivity index (χ4v) is 2.79. The Balaban J connectivity index is 2.04. The monoisotopic (exact) mass is 269 g/mol. The lowest BCUT2D eigenvalue weighted by atomic mass is 10.4. The summed E-state index contributed by atoms with van der Waals surface area (Å²) in [6.07, 6.45) is 4.74. The summed E-state index contributed by atoms with van der Waals surface area (Å²) in [6, 6.07) is 1.53. The Bertz CT molecular complexity index is 602. The van der Waals surface area contributed by atoms with Crippen LogP contribution in [0.25, 0.3) is 0 Å². The van der Waals surface area contributed by atoms with E-state index in [4.69, 9.17) is 0 Å². The van der Waals surface area contributed by atoms with Crippen molar-refractivity contribution >= 4 is 10.0 Å². The van der Waals surface area contributed by atoms with E-state index in [1.165, 1.54) is 6.20 Å². The van der Waals surface area contributed by atoms with Crippen molar-refractivity contribution in [3.63, 3.8) is 0 Å². The summed E-state index contributed by atoms with van der Waals surface area (Å²) in [6.45, 7) is 3.95. The van der Waals surface area contributed by atoms with Gasteiger partial charge < -0.3 is 4.98 Å². The predicted molar refractivity (Wildman–Crippen MR) is 65.3 cm³/mol. The SMILES string of the molecule is Cc1ncc(S(=O)(=O)NC(C)Cn2cccn2)[nH]1. The molecule has 0 saturated carbocycles. The summed E-state index contributed by atoms with van der Waals surface area (Å²) in [4.78, 5) is 6.57. The minimum Gasteiger partial charge on any atom is -0.332 e. The molecule has 0 aliphatic rings. The Labute approximate surface area is 105 Å². The van der Waals surface area contributed by atoms with Gasteiger partial charge in [-0.15, -0.1) is 0 Å². The van der Waals surface area contributed by atoms with Gasteiger partial charge in [0.15, 0.2) is 5.03 Å². The standard InChI is InChI=1S/C10H15N5O2S/c1-8(7-15-5-3-4-12-15)14-18(16,17)10-6-11-9(2)13-10/h3-6,8,14H,7H2,1-2H3,(H,11,13). The van der Waals surface area contributed by atoms with Gasteiger partial charge in [0.05, 0.1) is 12.7 Å². The molecule has 8 heteroatoms. The molecule has 0 bridgehead atoms. The van der Waals surface area contributed by atoms with Crippen molar-refractivity contribution in [1.82, 2.24) is 24.5 Å². The van der Waals surface area contributed by atoms with Gasteiger partial charge in [0.25, 0.3) is 10.0 Å². The highest BCUT2D eigenvalue weighted by Crippen LogP contribution is 2.06. The molecule has 2 aromatic heterocycles. The molecule has 1 unspecified atom stereocenters. The molecule has 2 aromatic rings. The van der Waals surface area contributed by atoms with E-state index in [0.717, 1.165) is 0 Å². The lowest BCUT2D eigenvalue weighted by molar-refractivity contribution is 0.493. The second-order valence-electron chi connectivity index (χ2n) is 4.08. The van der Waals surface area contributed by atoms with Crippen molar-refractivity contribution < 1.29 is 8.42 Å². The van der Waals surface area contributed by atoms with Crippen molar-refractivity contribution in [1.29, 1.82) is 0 Å². The van der Waals surface area contributed by atoms with Gasteiger partial charge in [-0.3, -0.25) is 4.68 Å². The number of imidazole rings is 1. The number of aromatic amines is 1. The van der Waals surface area contributed by atoms with Crippen LogP contribution in [0.3, 0.4) is 0 Å². The molecule has 18 heavy (non-hydrogen) atoms. The summed E-state index contributed by atoms with van der Waals surface area (Å²) >= 11 is 0. The van der Waals surface area contributed by atoms with Gasteiger partial charge in [-0.05, 0) is 19.9 Å². The highest BCUT2D eigenvalue weighted by atomic mass is 32.2. The Morgan fingerprint density at radius 3 is 2.89 bits per heavy atom. The molecule has 0 amide bonds. The molecule has 1 atom stereocenters. The normalized spacial score (nSPS) is 13.7. The fraction of sp³-hybridized carbons (Fsp3) is 0.400. The molecule has 2 N–H and O–H groups in total. The number of nitrogens with one attached hydrogen (secondary N) is 2. The zero-order chi connectivity index (χ0) is 13.2. The number of hydrogen-bond donors (Lipinski definition) is 2. The number of nitrogens with zero attached hydrogens (tertiary/aromatic N) is 3. The zero-order valence-electron chi connectivity index (χ0n) is 10.2. The minimum absolute atomic E-state index is 0.0762. The number of aryl methyl sites for hydroxylation is 1. The average molecular weight is 269 g/mol. The molecule has 0 saturated heterocycles. The second kappa shape index (κ2) is 4.91. The van der Waals surface area contributed by atoms with Crippen LogP contribution in [0.2, 0.25) is 0 Å². The van der Waals surface area contributed by atoms with E-state index in [9.17, 15) is 8.42 Å². The van der Waals surface area contributed by atoms with Gasteiger partial charge in [0.2, 0.25) is 0 Å². The second-order valence-corrected chi connectivity index (χ2v) is 5.77. The van der Waals surface area contributed by atoms with E-state index >= 15 is 0 Å². The molecule has 0 radical (unpaired) electrons. The molecule has 0 aliphatic heterocycles. The van der Waals surface area contributed by atoms with Crippen LogP contribution in [0, 0.1) is 6.92 Å². The van der Waals surface area contributed by atoms with Crippen LogP contribution in [0.5, 0.6) is 0 Å². The number of aromatic nitrogens is 4. The van der Waals surface area contributed by atoms with E-state index in [0.29, 0.717) is 12.4 Å². The van der Waals surface area contributed by atoms with Gasteiger partial charge in [0.1, 0.15) is 5.82 Å². The van der Waals surface area contributed by atoms with Crippen LogP contribution in [-0.2, 0) is 16.6 Å². The Morgan fingerprint density at radius 1 is 1.56 bits per heavy atom. The lowest BCUT2D eigenvalue weighted by Crippen LogP contribution is -2.36. The topological polar surface area (TPSA) is 92.7 Å². The van der Waals surface area contributed by atoms with Gasteiger partial charge in [-0.2, -0.15) is 5.10 Å². The Kier molecular flexibility index (Phi) is 3.48. The number of sulfonamides is 1. The first-order chi connectivity index (χ1) is 8.47. The largest absolute Gasteiger partial charge is 0.332 e. The third-order valence-electron chi connectivity index (χ3n) is 2.35. The van der Waals surface area contributed by atoms with E-state index in [1.807, 2.05) is 0 Å². The number of H-pyrrole nitrogens is 1. The molecular weight excluding hydrogens is 254 g/mol. The Morgan fingerprint density at radius 2 is 2.33 bits per heavy atom. The van der Waals surface area contributed by atoms with Crippen molar-refractivity contribution in [2.24, 2.45) is 0 Å². The van der Waals surface area contributed by atoms with E-state index < -0.39 is 10.0 Å². The van der Waals surface area contributed by atoms with Gasteiger partial charge in [-0.25, -0.2) is 18.1 Å². The number of hydrogen-bond acceptors (Lipinski definition) is 4. The third kappa shape index (κ3) is 2.96. The van der Waals surface area contributed by atoms with Crippen LogP contribution >= 0.6 is 0 Å². The highest BCUT2D eigenvalue weighted by molar-refractivity contribution is 7.89. The summed E-state index contributed by atoms with van der Waals surface area (Å²) < 4.78 is 28.2. The highest BCUT2D eigenvalue weighted by Gasteiger charge is 2.19. The maximum atomic E-state index is 12.0. The van der Waals surface area contributed by atoms with Crippen molar-refractivity contribution in [3.05, 3.63) is 30.5 Å². The molecule has 0 spiro atoms. The predicted octanol–water partition coefficient (Wildman–Crippen LogP) is 0.282. The molecule has 0 aromatic carbocycles. The molecule has 0 aliphatic carbocycles. The van der Waals surface area contributed by atoms with Crippen molar-refractivity contribution in [3.8, 4) is 0 Å². The van der Waals surface area contributed by atoms with Crippen LogP contribution in [0.1, 0.15) is 12.7 Å². The van der Waals surface area contributed by atoms with Crippen molar-refractivity contribution in [2.45, 2.75) is 31.5 Å². The third-order valence-corrected chi connectivity index (χ3v) is 3.84. The van der Waals surface area contributed by atoms with Crippen LogP contribution in [-0.4, -0.2) is 34.2 Å². The van der Waals surface area contributed by atoms with Crippen LogP contribution < -0.4 is 4.72 Å². The first-order valence-electron chi connectivity index (χ1n) is 5.49. The van der Waals surface area contributed by atoms with E-state index in [-0.39, 0.29) is 11.1 Å².